The van der Waals surface area contributed by atoms with Crippen LogP contribution in [0.15, 0.2) is 14.3 Å². The number of halogens is 2. The fourth-order valence-corrected chi connectivity index (χ4v) is 2.94. The largest absolute Gasteiger partial charge is 0.354 e. The highest BCUT2D eigenvalue weighted by Crippen LogP contribution is 2.32. The van der Waals surface area contributed by atoms with Gasteiger partial charge < -0.3 is 14.8 Å². The Kier molecular flexibility index (Phi) is 5.91. The minimum absolute atomic E-state index is 0.143. The Bertz CT molecular complexity index is 346. The minimum Gasteiger partial charge on any atom is -0.354 e. The highest BCUT2D eigenvalue weighted by atomic mass is 79.9. The number of carbonyl (C=O) groups is 1. The molecule has 1 heterocycles. The van der Waals surface area contributed by atoms with E-state index in [1.54, 1.807) is 6.07 Å². The Morgan fingerprint density at radius 1 is 1.50 bits per heavy atom. The van der Waals surface area contributed by atoms with E-state index in [2.05, 4.69) is 37.2 Å². The highest BCUT2D eigenvalue weighted by Gasteiger charge is 2.13. The van der Waals surface area contributed by atoms with Gasteiger partial charge in [0.2, 0.25) is 0 Å². The molecule has 0 aliphatic carbocycles. The molecule has 1 rings (SSSR count). The van der Waals surface area contributed by atoms with Gasteiger partial charge in [-0.2, -0.15) is 0 Å². The fraction of sp³-hybridized carbons (Fsp3) is 0.444. The molecule has 1 N–H and O–H groups in total. The SMILES string of the molecule is COC(CNC(=O)c1cc(Br)c(Br)s1)OC. The molecule has 0 saturated carbocycles. The van der Waals surface area contributed by atoms with Crippen LogP contribution in [0.3, 0.4) is 0 Å². The first-order valence-corrected chi connectivity index (χ1v) is 6.77. The molecule has 16 heavy (non-hydrogen) atoms. The molecule has 0 aliphatic heterocycles. The van der Waals surface area contributed by atoms with Gasteiger partial charge in [0.25, 0.3) is 5.91 Å². The summed E-state index contributed by atoms with van der Waals surface area (Å²) < 4.78 is 11.7. The maximum Gasteiger partial charge on any atom is 0.261 e. The Labute approximate surface area is 115 Å². The summed E-state index contributed by atoms with van der Waals surface area (Å²) in [5.41, 5.74) is 0. The van der Waals surface area contributed by atoms with Gasteiger partial charge in [-0.05, 0) is 37.9 Å². The van der Waals surface area contributed by atoms with Gasteiger partial charge in [0.1, 0.15) is 0 Å². The average Bonchev–Trinajstić information content (AvgIpc) is 2.60. The van der Waals surface area contributed by atoms with E-state index >= 15 is 0 Å². The van der Waals surface area contributed by atoms with Crippen molar-refractivity contribution in [2.45, 2.75) is 6.29 Å². The second-order valence-corrected chi connectivity index (χ2v) is 6.07. The first kappa shape index (κ1) is 14.1. The van der Waals surface area contributed by atoms with Crippen molar-refractivity contribution >= 4 is 49.1 Å². The van der Waals surface area contributed by atoms with Gasteiger partial charge in [-0.3, -0.25) is 4.79 Å². The minimum atomic E-state index is -0.421. The van der Waals surface area contributed by atoms with Crippen LogP contribution >= 0.6 is 43.2 Å². The standard InChI is InChI=1S/C9H11Br2NO3S/c1-14-7(15-2)4-12-9(13)6-3-5(10)8(11)16-6/h3,7H,4H2,1-2H3,(H,12,13). The number of thiophene rings is 1. The van der Waals surface area contributed by atoms with Gasteiger partial charge in [0, 0.05) is 18.7 Å². The van der Waals surface area contributed by atoms with Crippen molar-refractivity contribution in [1.82, 2.24) is 5.32 Å². The zero-order valence-electron chi connectivity index (χ0n) is 8.75. The summed E-state index contributed by atoms with van der Waals surface area (Å²) in [6.45, 7) is 0.318. The first-order valence-electron chi connectivity index (χ1n) is 4.37. The number of methoxy groups -OCH3 is 2. The number of ether oxygens (including phenoxy) is 2. The molecule has 0 aliphatic rings. The van der Waals surface area contributed by atoms with E-state index in [1.807, 2.05) is 0 Å². The average molecular weight is 373 g/mol. The van der Waals surface area contributed by atoms with Gasteiger partial charge in [-0.25, -0.2) is 0 Å². The van der Waals surface area contributed by atoms with E-state index in [4.69, 9.17) is 9.47 Å². The van der Waals surface area contributed by atoms with Crippen LogP contribution in [0.1, 0.15) is 9.67 Å². The van der Waals surface area contributed by atoms with Gasteiger partial charge in [-0.1, -0.05) is 0 Å². The van der Waals surface area contributed by atoms with Crippen molar-refractivity contribution in [1.29, 1.82) is 0 Å². The van der Waals surface area contributed by atoms with Gasteiger partial charge in [-0.15, -0.1) is 11.3 Å². The zero-order valence-corrected chi connectivity index (χ0v) is 12.7. The predicted molar refractivity (Wildman–Crippen MR) is 69.9 cm³/mol. The zero-order chi connectivity index (χ0) is 12.1. The molecular formula is C9H11Br2NO3S. The molecule has 0 saturated heterocycles. The lowest BCUT2D eigenvalue weighted by atomic mass is 10.4. The Balaban J connectivity index is 2.52. The summed E-state index contributed by atoms with van der Waals surface area (Å²) >= 11 is 8.03. The van der Waals surface area contributed by atoms with E-state index in [-0.39, 0.29) is 5.91 Å². The van der Waals surface area contributed by atoms with Crippen LogP contribution in [0.4, 0.5) is 0 Å². The maximum absolute atomic E-state index is 11.7. The molecular weight excluding hydrogens is 362 g/mol. The second-order valence-electron chi connectivity index (χ2n) is 2.84. The van der Waals surface area contributed by atoms with Crippen molar-refractivity contribution < 1.29 is 14.3 Å². The molecule has 1 amide bonds. The normalized spacial score (nSPS) is 10.8. The molecule has 0 aromatic carbocycles. The second kappa shape index (κ2) is 6.70. The van der Waals surface area contributed by atoms with Gasteiger partial charge in [0.15, 0.2) is 6.29 Å². The molecule has 0 atom stereocenters. The molecule has 0 radical (unpaired) electrons. The summed E-state index contributed by atoms with van der Waals surface area (Å²) in [6.07, 6.45) is -0.421. The first-order chi connectivity index (χ1) is 7.58. The van der Waals surface area contributed by atoms with E-state index in [0.29, 0.717) is 11.4 Å². The molecule has 0 bridgehead atoms. The Morgan fingerprint density at radius 3 is 2.56 bits per heavy atom. The summed E-state index contributed by atoms with van der Waals surface area (Å²) in [5.74, 6) is -0.143. The van der Waals surface area contributed by atoms with Crippen molar-refractivity contribution in [2.24, 2.45) is 0 Å². The van der Waals surface area contributed by atoms with Crippen LogP contribution in [0.25, 0.3) is 0 Å². The predicted octanol–water partition coefficient (Wildman–Crippen LogP) is 2.62. The molecule has 1 aromatic rings. The molecule has 4 nitrogen and oxygen atoms in total. The Hall–Kier alpha value is 0.0500. The third-order valence-corrected chi connectivity index (χ3v) is 5.08. The van der Waals surface area contributed by atoms with E-state index < -0.39 is 6.29 Å². The molecule has 0 fully saturated rings. The lowest BCUT2D eigenvalue weighted by molar-refractivity contribution is -0.0974. The number of nitrogens with one attached hydrogen (secondary N) is 1. The summed E-state index contributed by atoms with van der Waals surface area (Å²) in [5, 5.41) is 2.72. The van der Waals surface area contributed by atoms with Gasteiger partial charge >= 0.3 is 0 Å². The van der Waals surface area contributed by atoms with Gasteiger partial charge in [0.05, 0.1) is 15.2 Å². The number of hydrogen-bond donors (Lipinski definition) is 1. The monoisotopic (exact) mass is 371 g/mol. The van der Waals surface area contributed by atoms with E-state index in [1.165, 1.54) is 25.6 Å². The van der Waals surface area contributed by atoms with Crippen molar-refractivity contribution in [3.8, 4) is 0 Å². The van der Waals surface area contributed by atoms with Crippen LogP contribution in [-0.4, -0.2) is 33.0 Å². The molecule has 1 aromatic heterocycles. The van der Waals surface area contributed by atoms with Crippen molar-refractivity contribution in [3.05, 3.63) is 19.2 Å². The van der Waals surface area contributed by atoms with Crippen LogP contribution < -0.4 is 5.32 Å². The van der Waals surface area contributed by atoms with Crippen LogP contribution in [0.5, 0.6) is 0 Å². The topological polar surface area (TPSA) is 47.6 Å². The number of amides is 1. The lowest BCUT2D eigenvalue weighted by Gasteiger charge is -2.13. The Morgan fingerprint density at radius 2 is 2.12 bits per heavy atom. The van der Waals surface area contributed by atoms with E-state index in [0.717, 1.165) is 8.26 Å². The fourth-order valence-electron chi connectivity index (χ4n) is 0.985. The molecule has 0 unspecified atom stereocenters. The third kappa shape index (κ3) is 3.81. The van der Waals surface area contributed by atoms with Crippen molar-refractivity contribution in [3.63, 3.8) is 0 Å². The van der Waals surface area contributed by atoms with Crippen LogP contribution in [0.2, 0.25) is 0 Å². The number of carbonyl (C=O) groups excluding carboxylic acids is 1. The summed E-state index contributed by atoms with van der Waals surface area (Å²) in [6, 6.07) is 1.76. The lowest BCUT2D eigenvalue weighted by Crippen LogP contribution is -2.33. The highest BCUT2D eigenvalue weighted by molar-refractivity contribution is 9.13. The number of hydrogen-bond acceptors (Lipinski definition) is 4. The summed E-state index contributed by atoms with van der Waals surface area (Å²) in [7, 11) is 3.05. The quantitative estimate of drug-likeness (QED) is 0.808. The third-order valence-electron chi connectivity index (χ3n) is 1.82. The van der Waals surface area contributed by atoms with E-state index in [9.17, 15) is 4.79 Å². The number of rotatable bonds is 5. The van der Waals surface area contributed by atoms with Crippen LogP contribution in [-0.2, 0) is 9.47 Å². The molecule has 7 heteroatoms. The summed E-state index contributed by atoms with van der Waals surface area (Å²) in [4.78, 5) is 12.3. The van der Waals surface area contributed by atoms with Crippen molar-refractivity contribution in [2.75, 3.05) is 20.8 Å². The van der Waals surface area contributed by atoms with Crippen LogP contribution in [0, 0.1) is 0 Å². The smallest absolute Gasteiger partial charge is 0.261 e. The molecule has 90 valence electrons. The maximum atomic E-state index is 11.7. The molecule has 0 spiro atoms.